The first kappa shape index (κ1) is 22.3. The number of nitrogens with two attached hydrogens (primary N) is 1. The highest BCUT2D eigenvalue weighted by atomic mass is 79.9. The predicted octanol–water partition coefficient (Wildman–Crippen LogP) is 2.95. The van der Waals surface area contributed by atoms with Gasteiger partial charge in [-0.1, -0.05) is 40.9 Å². The van der Waals surface area contributed by atoms with Gasteiger partial charge in [0.15, 0.2) is 5.78 Å². The molecule has 0 saturated heterocycles. The number of amides is 1. The number of halogens is 1. The number of carbonyl (C=O) groups excluding carboxylic acids is 2. The van der Waals surface area contributed by atoms with Gasteiger partial charge in [0.2, 0.25) is 5.91 Å². The fourth-order valence-corrected chi connectivity index (χ4v) is 3.17. The number of benzene rings is 1. The number of nitrogens with zero attached hydrogens (tertiary/aromatic N) is 1. The monoisotopic (exact) mass is 426 g/mol. The molecule has 0 spiro atoms. The summed E-state index contributed by atoms with van der Waals surface area (Å²) in [7, 11) is 3.81. The molecule has 1 aliphatic carbocycles. The zero-order valence-electron chi connectivity index (χ0n) is 15.3. The Kier molecular flexibility index (Phi) is 9.51. The van der Waals surface area contributed by atoms with Crippen molar-refractivity contribution in [2.24, 2.45) is 17.6 Å². The maximum atomic E-state index is 12.3. The first-order chi connectivity index (χ1) is 12.2. The third kappa shape index (κ3) is 7.66. The van der Waals surface area contributed by atoms with E-state index >= 15 is 0 Å². The van der Waals surface area contributed by atoms with E-state index < -0.39 is 11.9 Å². The van der Waals surface area contributed by atoms with Gasteiger partial charge >= 0.3 is 5.97 Å². The first-order valence-electron chi connectivity index (χ1n) is 8.68. The van der Waals surface area contributed by atoms with Gasteiger partial charge in [-0.3, -0.25) is 14.4 Å². The quantitative estimate of drug-likeness (QED) is 0.680. The van der Waals surface area contributed by atoms with Crippen LogP contribution in [-0.2, 0) is 9.59 Å². The van der Waals surface area contributed by atoms with Crippen LogP contribution in [0.5, 0.6) is 0 Å². The molecule has 3 N–H and O–H groups in total. The summed E-state index contributed by atoms with van der Waals surface area (Å²) in [4.78, 5) is 35.6. The van der Waals surface area contributed by atoms with Crippen LogP contribution in [0.2, 0.25) is 0 Å². The van der Waals surface area contributed by atoms with E-state index in [4.69, 9.17) is 5.73 Å². The number of carboxylic acid groups (broad SMARTS) is 1. The molecule has 0 bridgehead atoms. The van der Waals surface area contributed by atoms with E-state index in [9.17, 15) is 19.5 Å². The van der Waals surface area contributed by atoms with E-state index in [1.54, 1.807) is 12.1 Å². The van der Waals surface area contributed by atoms with Crippen LogP contribution in [0.25, 0.3) is 0 Å². The lowest BCUT2D eigenvalue weighted by molar-refractivity contribution is -0.144. The van der Waals surface area contributed by atoms with E-state index in [1.165, 1.54) is 0 Å². The van der Waals surface area contributed by atoms with Crippen LogP contribution >= 0.6 is 15.9 Å². The van der Waals surface area contributed by atoms with Crippen molar-refractivity contribution in [2.45, 2.75) is 32.1 Å². The minimum atomic E-state index is -0.842. The zero-order chi connectivity index (χ0) is 19.7. The van der Waals surface area contributed by atoms with Gasteiger partial charge in [-0.05, 0) is 39.1 Å². The molecule has 7 heteroatoms. The maximum Gasteiger partial charge on any atom is 0.307 e. The van der Waals surface area contributed by atoms with Gasteiger partial charge in [-0.2, -0.15) is 0 Å². The number of carboxylic acids is 1. The lowest BCUT2D eigenvalue weighted by Gasteiger charge is -2.27. The molecular formula is C19H27BrN2O4. The van der Waals surface area contributed by atoms with Crippen molar-refractivity contribution in [3.8, 4) is 0 Å². The molecule has 0 radical (unpaired) electrons. The Morgan fingerprint density at radius 2 is 1.65 bits per heavy atom. The number of Topliss-reactive ketones (excluding diaryl/α,β-unsaturated/α-hetero) is 1. The summed E-state index contributed by atoms with van der Waals surface area (Å²) in [6, 6.07) is 7.12. The molecule has 1 saturated carbocycles. The number of hydrogen-bond acceptors (Lipinski definition) is 4. The van der Waals surface area contributed by atoms with Gasteiger partial charge in [0, 0.05) is 28.9 Å². The lowest BCUT2D eigenvalue weighted by Crippen LogP contribution is -2.32. The number of hydrogen-bond donors (Lipinski definition) is 2. The van der Waals surface area contributed by atoms with Crippen LogP contribution in [-0.4, -0.2) is 48.3 Å². The highest BCUT2D eigenvalue weighted by Crippen LogP contribution is 2.33. The molecule has 2 unspecified atom stereocenters. The van der Waals surface area contributed by atoms with Crippen molar-refractivity contribution in [1.82, 2.24) is 4.90 Å². The topological polar surface area (TPSA) is 101 Å². The van der Waals surface area contributed by atoms with Crippen molar-refractivity contribution in [3.63, 3.8) is 0 Å². The summed E-state index contributed by atoms with van der Waals surface area (Å²) in [5.41, 5.74) is 5.48. The number of carbonyl (C=O) groups is 3. The van der Waals surface area contributed by atoms with Crippen LogP contribution in [0.3, 0.4) is 0 Å². The fraction of sp³-hybridized carbons (Fsp3) is 0.526. The van der Waals surface area contributed by atoms with Crippen molar-refractivity contribution >= 4 is 33.6 Å². The average molecular weight is 427 g/mol. The van der Waals surface area contributed by atoms with E-state index in [2.05, 4.69) is 15.9 Å². The summed E-state index contributed by atoms with van der Waals surface area (Å²) in [5.74, 6) is -1.99. The highest BCUT2D eigenvalue weighted by molar-refractivity contribution is 9.10. The van der Waals surface area contributed by atoms with Gasteiger partial charge < -0.3 is 15.7 Å². The summed E-state index contributed by atoms with van der Waals surface area (Å²) in [6.07, 6.45) is 3.60. The second kappa shape index (κ2) is 11.1. The van der Waals surface area contributed by atoms with Crippen LogP contribution < -0.4 is 5.73 Å². The third-order valence-corrected chi connectivity index (χ3v) is 4.88. The first-order valence-corrected chi connectivity index (χ1v) is 9.47. The minimum Gasteiger partial charge on any atom is -0.481 e. The van der Waals surface area contributed by atoms with Crippen molar-refractivity contribution in [2.75, 3.05) is 20.6 Å². The van der Waals surface area contributed by atoms with Crippen molar-refractivity contribution in [3.05, 3.63) is 34.3 Å². The van der Waals surface area contributed by atoms with E-state index in [0.29, 0.717) is 24.8 Å². The molecule has 0 heterocycles. The molecule has 2 rings (SSSR count). The van der Waals surface area contributed by atoms with Crippen LogP contribution in [0.1, 0.15) is 42.5 Å². The second-order valence-corrected chi connectivity index (χ2v) is 7.64. The van der Waals surface area contributed by atoms with E-state index in [0.717, 1.165) is 23.9 Å². The number of aliphatic carboxylic acids is 1. The van der Waals surface area contributed by atoms with Gasteiger partial charge in [0.05, 0.1) is 5.92 Å². The molecule has 1 aliphatic rings. The number of rotatable bonds is 6. The average Bonchev–Trinajstić information content (AvgIpc) is 2.60. The molecule has 0 aromatic heterocycles. The SMILES string of the molecule is CN(C)CCC(N)=O.O=C(O)C1CCCCC1C(=O)c1ccc(Br)cc1. The summed E-state index contributed by atoms with van der Waals surface area (Å²) >= 11 is 3.32. The fourth-order valence-electron chi connectivity index (χ4n) is 2.90. The molecule has 6 nitrogen and oxygen atoms in total. The molecule has 26 heavy (non-hydrogen) atoms. The van der Waals surface area contributed by atoms with Gasteiger partial charge in [0.1, 0.15) is 0 Å². The van der Waals surface area contributed by atoms with Crippen LogP contribution in [0.15, 0.2) is 28.7 Å². The Hall–Kier alpha value is -1.73. The normalized spacial score (nSPS) is 19.4. The second-order valence-electron chi connectivity index (χ2n) is 6.73. The standard InChI is InChI=1S/C14H15BrO3.C5H12N2O/c15-10-7-5-9(6-8-10)13(16)11-3-1-2-4-12(11)14(17)18;1-7(2)4-3-5(6)8/h5-8,11-12H,1-4H2,(H,17,18);3-4H2,1-2H3,(H2,6,8). The molecule has 1 aromatic rings. The summed E-state index contributed by atoms with van der Waals surface area (Å²) in [5, 5.41) is 9.19. The minimum absolute atomic E-state index is 0.0328. The van der Waals surface area contributed by atoms with Gasteiger partial charge in [-0.15, -0.1) is 0 Å². The molecule has 1 amide bonds. The summed E-state index contributed by atoms with van der Waals surface area (Å²) in [6.45, 7) is 0.745. The molecule has 1 fully saturated rings. The van der Waals surface area contributed by atoms with Crippen molar-refractivity contribution in [1.29, 1.82) is 0 Å². The smallest absolute Gasteiger partial charge is 0.307 e. The Balaban J connectivity index is 0.000000359. The molecule has 2 atom stereocenters. The van der Waals surface area contributed by atoms with E-state index in [1.807, 2.05) is 31.1 Å². The zero-order valence-corrected chi connectivity index (χ0v) is 16.9. The maximum absolute atomic E-state index is 12.3. The Labute approximate surface area is 162 Å². The third-order valence-electron chi connectivity index (χ3n) is 4.35. The number of primary amides is 1. The molecule has 1 aromatic carbocycles. The predicted molar refractivity (Wildman–Crippen MR) is 104 cm³/mol. The Bertz CT molecular complexity index is 616. The highest BCUT2D eigenvalue weighted by Gasteiger charge is 2.35. The van der Waals surface area contributed by atoms with Crippen LogP contribution in [0.4, 0.5) is 0 Å². The Morgan fingerprint density at radius 1 is 1.12 bits per heavy atom. The molecule has 0 aliphatic heterocycles. The summed E-state index contributed by atoms with van der Waals surface area (Å²) < 4.78 is 0.914. The molecular weight excluding hydrogens is 400 g/mol. The van der Waals surface area contributed by atoms with Crippen molar-refractivity contribution < 1.29 is 19.5 Å². The largest absolute Gasteiger partial charge is 0.481 e. The molecule has 144 valence electrons. The Morgan fingerprint density at radius 3 is 2.08 bits per heavy atom. The lowest BCUT2D eigenvalue weighted by atomic mass is 9.75. The van der Waals surface area contributed by atoms with Gasteiger partial charge in [-0.25, -0.2) is 0 Å². The van der Waals surface area contributed by atoms with Gasteiger partial charge in [0.25, 0.3) is 0 Å². The number of ketones is 1. The van der Waals surface area contributed by atoms with E-state index in [-0.39, 0.29) is 17.6 Å². The van der Waals surface area contributed by atoms with Crippen LogP contribution in [0, 0.1) is 11.8 Å².